The number of nitrogens with zero attached hydrogens (tertiary/aromatic N) is 3. The van der Waals surface area contributed by atoms with Crippen molar-refractivity contribution in [2.75, 3.05) is 0 Å². The van der Waals surface area contributed by atoms with E-state index in [1.807, 2.05) is 54.6 Å². The van der Waals surface area contributed by atoms with Crippen molar-refractivity contribution >= 4 is 37.5 Å². The monoisotopic (exact) mass is 563 g/mol. The zero-order valence-electron chi connectivity index (χ0n) is 20.9. The average molecular weight is 564 g/mol. The van der Waals surface area contributed by atoms with Crippen LogP contribution in [0.3, 0.4) is 0 Å². The molecule has 0 saturated carbocycles. The van der Waals surface area contributed by atoms with Crippen LogP contribution in [0, 0.1) is 0 Å². The van der Waals surface area contributed by atoms with Crippen molar-refractivity contribution in [3.8, 4) is 45.3 Å². The molecule has 0 N–H and O–H groups in total. The average Bonchev–Trinajstić information content (AvgIpc) is 3.01. The first-order valence-corrected chi connectivity index (χ1v) is 13.6. The molecule has 0 radical (unpaired) electrons. The summed E-state index contributed by atoms with van der Waals surface area (Å²) in [5, 5.41) is 5.01. The van der Waals surface area contributed by atoms with Gasteiger partial charge in [0.15, 0.2) is 17.5 Å². The Kier molecular flexibility index (Phi) is 5.95. The second kappa shape index (κ2) is 9.90. The first kappa shape index (κ1) is 23.4. The van der Waals surface area contributed by atoms with E-state index in [-0.39, 0.29) is 0 Å². The molecule has 0 aliphatic carbocycles. The highest BCUT2D eigenvalue weighted by Gasteiger charge is 2.13. The Morgan fingerprint density at radius 3 is 1.49 bits per heavy atom. The van der Waals surface area contributed by atoms with E-state index in [9.17, 15) is 0 Å². The number of halogens is 1. The third-order valence-corrected chi connectivity index (χ3v) is 7.52. The molecule has 0 saturated heterocycles. The largest absolute Gasteiger partial charge is 0.208 e. The van der Waals surface area contributed by atoms with Crippen molar-refractivity contribution in [3.63, 3.8) is 0 Å². The third-order valence-electron chi connectivity index (χ3n) is 6.99. The molecular weight excluding hydrogens is 542 g/mol. The lowest BCUT2D eigenvalue weighted by Crippen LogP contribution is -2.00. The number of hydrogen-bond acceptors (Lipinski definition) is 3. The minimum Gasteiger partial charge on any atom is -0.208 e. The molecule has 0 spiro atoms. The Labute approximate surface area is 235 Å². The minimum absolute atomic E-state index is 0.649. The van der Waals surface area contributed by atoms with Crippen LogP contribution in [0.25, 0.3) is 66.8 Å². The van der Waals surface area contributed by atoms with Gasteiger partial charge in [-0.05, 0) is 50.9 Å². The fourth-order valence-corrected chi connectivity index (χ4v) is 5.31. The third kappa shape index (κ3) is 4.49. The van der Waals surface area contributed by atoms with Gasteiger partial charge in [-0.15, -0.1) is 0 Å². The Morgan fingerprint density at radius 2 is 0.846 bits per heavy atom. The molecular formula is C35H22BrN3. The Balaban J connectivity index is 1.35. The second-order valence-electron chi connectivity index (χ2n) is 9.45. The molecule has 3 nitrogen and oxygen atoms in total. The van der Waals surface area contributed by atoms with Gasteiger partial charge >= 0.3 is 0 Å². The summed E-state index contributed by atoms with van der Waals surface area (Å²) in [6.45, 7) is 0. The Morgan fingerprint density at radius 1 is 0.385 bits per heavy atom. The molecule has 4 heteroatoms. The quantitative estimate of drug-likeness (QED) is 0.200. The van der Waals surface area contributed by atoms with Gasteiger partial charge in [0.05, 0.1) is 0 Å². The van der Waals surface area contributed by atoms with Gasteiger partial charge in [0.2, 0.25) is 0 Å². The molecule has 39 heavy (non-hydrogen) atoms. The Bertz CT molecular complexity index is 1950. The first-order valence-electron chi connectivity index (χ1n) is 12.8. The van der Waals surface area contributed by atoms with E-state index in [4.69, 9.17) is 15.0 Å². The van der Waals surface area contributed by atoms with Gasteiger partial charge in [-0.2, -0.15) is 0 Å². The summed E-state index contributed by atoms with van der Waals surface area (Å²) in [5.41, 5.74) is 5.22. The molecule has 0 unspecified atom stereocenters. The molecule has 0 atom stereocenters. The highest BCUT2D eigenvalue weighted by Crippen LogP contribution is 2.35. The van der Waals surface area contributed by atoms with Crippen molar-refractivity contribution in [3.05, 3.63) is 138 Å². The van der Waals surface area contributed by atoms with E-state index in [2.05, 4.69) is 94.8 Å². The summed E-state index contributed by atoms with van der Waals surface area (Å²) in [5.74, 6) is 1.95. The zero-order valence-corrected chi connectivity index (χ0v) is 22.5. The molecule has 184 valence electrons. The molecule has 7 aromatic rings. The molecule has 0 bridgehead atoms. The summed E-state index contributed by atoms with van der Waals surface area (Å²) in [6.07, 6.45) is 0. The van der Waals surface area contributed by atoms with Crippen molar-refractivity contribution in [1.82, 2.24) is 15.0 Å². The maximum Gasteiger partial charge on any atom is 0.164 e. The fourth-order valence-electron chi connectivity index (χ4n) is 5.04. The minimum atomic E-state index is 0.649. The van der Waals surface area contributed by atoms with Gasteiger partial charge in [0, 0.05) is 21.2 Å². The predicted octanol–water partition coefficient (Wildman–Crippen LogP) is 9.61. The predicted molar refractivity (Wildman–Crippen MR) is 164 cm³/mol. The van der Waals surface area contributed by atoms with Gasteiger partial charge in [-0.25, -0.2) is 15.0 Å². The zero-order chi connectivity index (χ0) is 26.2. The van der Waals surface area contributed by atoms with E-state index in [1.165, 1.54) is 27.1 Å². The van der Waals surface area contributed by atoms with Crippen LogP contribution in [-0.2, 0) is 0 Å². The summed E-state index contributed by atoms with van der Waals surface area (Å²) in [4.78, 5) is 14.6. The summed E-state index contributed by atoms with van der Waals surface area (Å²) < 4.78 is 1.01. The van der Waals surface area contributed by atoms with E-state index >= 15 is 0 Å². The van der Waals surface area contributed by atoms with Crippen LogP contribution in [-0.4, -0.2) is 15.0 Å². The molecule has 0 amide bonds. The smallest absolute Gasteiger partial charge is 0.164 e. The van der Waals surface area contributed by atoms with Crippen molar-refractivity contribution in [2.24, 2.45) is 0 Å². The summed E-state index contributed by atoms with van der Waals surface area (Å²) in [6, 6.07) is 46.1. The normalized spacial score (nSPS) is 11.2. The van der Waals surface area contributed by atoms with Crippen molar-refractivity contribution in [2.45, 2.75) is 0 Å². The summed E-state index contributed by atoms with van der Waals surface area (Å²) in [7, 11) is 0. The van der Waals surface area contributed by atoms with Crippen molar-refractivity contribution in [1.29, 1.82) is 0 Å². The van der Waals surface area contributed by atoms with Gasteiger partial charge in [0.1, 0.15) is 0 Å². The molecule has 7 rings (SSSR count). The number of fused-ring (bicyclic) bond motifs is 3. The van der Waals surface area contributed by atoms with E-state index in [0.717, 1.165) is 26.7 Å². The standard InChI is InChI=1S/C35H22BrN3/c36-28-20-18-26(19-21-28)35-38-33(24-8-2-1-3-9-24)37-34(39-35)25-16-14-23(15-17-25)32-22-27-10-4-5-11-29(27)30-12-6-7-13-31(30)32/h1-22H. The van der Waals surface area contributed by atoms with Gasteiger partial charge < -0.3 is 0 Å². The lowest BCUT2D eigenvalue weighted by molar-refractivity contribution is 1.07. The van der Waals surface area contributed by atoms with Crippen LogP contribution in [0.4, 0.5) is 0 Å². The topological polar surface area (TPSA) is 38.7 Å². The Hall–Kier alpha value is -4.67. The SMILES string of the molecule is Brc1ccc(-c2nc(-c3ccccc3)nc(-c3ccc(-c4cc5ccccc5c5ccccc45)cc3)n2)cc1. The summed E-state index contributed by atoms with van der Waals surface area (Å²) >= 11 is 3.52. The van der Waals surface area contributed by atoms with Crippen LogP contribution in [0.5, 0.6) is 0 Å². The number of aromatic nitrogens is 3. The van der Waals surface area contributed by atoms with Crippen molar-refractivity contribution < 1.29 is 0 Å². The van der Waals surface area contributed by atoms with Crippen LogP contribution < -0.4 is 0 Å². The fraction of sp³-hybridized carbons (Fsp3) is 0. The molecule has 1 aromatic heterocycles. The van der Waals surface area contributed by atoms with Gasteiger partial charge in [0.25, 0.3) is 0 Å². The molecule has 0 fully saturated rings. The second-order valence-corrected chi connectivity index (χ2v) is 10.4. The lowest BCUT2D eigenvalue weighted by Gasteiger charge is -2.12. The van der Waals surface area contributed by atoms with Crippen LogP contribution in [0.2, 0.25) is 0 Å². The highest BCUT2D eigenvalue weighted by molar-refractivity contribution is 9.10. The molecule has 6 aromatic carbocycles. The van der Waals surface area contributed by atoms with Crippen LogP contribution >= 0.6 is 15.9 Å². The van der Waals surface area contributed by atoms with Crippen LogP contribution in [0.1, 0.15) is 0 Å². The lowest BCUT2D eigenvalue weighted by atomic mass is 9.93. The number of benzene rings is 6. The van der Waals surface area contributed by atoms with Gasteiger partial charge in [-0.3, -0.25) is 0 Å². The first-order chi connectivity index (χ1) is 19.2. The highest BCUT2D eigenvalue weighted by atomic mass is 79.9. The van der Waals surface area contributed by atoms with Crippen LogP contribution in [0.15, 0.2) is 138 Å². The van der Waals surface area contributed by atoms with E-state index in [0.29, 0.717) is 17.5 Å². The molecule has 0 aliphatic rings. The number of hydrogen-bond donors (Lipinski definition) is 0. The maximum absolute atomic E-state index is 4.88. The molecule has 0 aliphatic heterocycles. The van der Waals surface area contributed by atoms with Gasteiger partial charge in [-0.1, -0.05) is 131 Å². The maximum atomic E-state index is 4.88. The van der Waals surface area contributed by atoms with E-state index in [1.54, 1.807) is 0 Å². The molecule has 1 heterocycles. The number of rotatable bonds is 4. The van der Waals surface area contributed by atoms with E-state index < -0.39 is 0 Å².